The first-order valence-corrected chi connectivity index (χ1v) is 6.89. The van der Waals surface area contributed by atoms with Crippen molar-refractivity contribution in [3.8, 4) is 0 Å². The lowest BCUT2D eigenvalue weighted by Gasteiger charge is -2.27. The average Bonchev–Trinajstić information content (AvgIpc) is 2.33. The molecule has 1 amide bonds. The highest BCUT2D eigenvalue weighted by molar-refractivity contribution is 5.80. The number of carbonyl (C=O) groups excluding carboxylic acids is 1. The Balaban J connectivity index is 2.83. The molecule has 0 aliphatic rings. The molecular formula is C16H23NO3. The predicted molar refractivity (Wildman–Crippen MR) is 78.7 cm³/mol. The molecule has 0 bridgehead atoms. The van der Waals surface area contributed by atoms with Gasteiger partial charge in [0.05, 0.1) is 12.8 Å². The molecule has 1 aromatic carbocycles. The molecule has 0 aliphatic heterocycles. The Labute approximate surface area is 120 Å². The maximum atomic E-state index is 12.4. The van der Waals surface area contributed by atoms with Crippen molar-refractivity contribution in [2.24, 2.45) is 0 Å². The molecule has 1 aromatic rings. The fourth-order valence-electron chi connectivity index (χ4n) is 2.27. The number of benzene rings is 1. The van der Waals surface area contributed by atoms with Gasteiger partial charge in [0.2, 0.25) is 5.91 Å². The number of hydrogen-bond donors (Lipinski definition) is 1. The standard InChI is InChI=1S/C16H23NO3/c1-11(2)17(9-8-16(19)20)15(18)10-14-12(3)6-5-7-13(14)4/h5-7,11H,8-10H2,1-4H3,(H,19,20). The zero-order chi connectivity index (χ0) is 15.3. The Morgan fingerprint density at radius 3 is 2.20 bits per heavy atom. The lowest BCUT2D eigenvalue weighted by molar-refractivity contribution is -0.139. The molecule has 20 heavy (non-hydrogen) atoms. The molecule has 0 fully saturated rings. The van der Waals surface area contributed by atoms with Gasteiger partial charge in [0.1, 0.15) is 0 Å². The molecule has 0 aliphatic carbocycles. The molecule has 0 heterocycles. The highest BCUT2D eigenvalue weighted by atomic mass is 16.4. The van der Waals surface area contributed by atoms with Crippen LogP contribution in [0.1, 0.15) is 37.0 Å². The SMILES string of the molecule is Cc1cccc(C)c1CC(=O)N(CCC(=O)O)C(C)C. The largest absolute Gasteiger partial charge is 0.481 e. The highest BCUT2D eigenvalue weighted by Crippen LogP contribution is 2.16. The lowest BCUT2D eigenvalue weighted by atomic mass is 9.99. The normalized spacial score (nSPS) is 10.7. The molecule has 0 radical (unpaired) electrons. The van der Waals surface area contributed by atoms with Crippen molar-refractivity contribution in [1.29, 1.82) is 0 Å². The maximum Gasteiger partial charge on any atom is 0.305 e. The molecule has 0 atom stereocenters. The number of aryl methyl sites for hydroxylation is 2. The van der Waals surface area contributed by atoms with Crippen molar-refractivity contribution in [1.82, 2.24) is 4.90 Å². The first-order chi connectivity index (χ1) is 9.32. The van der Waals surface area contributed by atoms with Crippen LogP contribution in [0.5, 0.6) is 0 Å². The monoisotopic (exact) mass is 277 g/mol. The summed E-state index contributed by atoms with van der Waals surface area (Å²) >= 11 is 0. The van der Waals surface area contributed by atoms with Gasteiger partial charge in [-0.25, -0.2) is 0 Å². The number of hydrogen-bond acceptors (Lipinski definition) is 2. The van der Waals surface area contributed by atoms with Crippen molar-refractivity contribution in [3.63, 3.8) is 0 Å². The summed E-state index contributed by atoms with van der Waals surface area (Å²) in [6.07, 6.45) is 0.312. The quantitative estimate of drug-likeness (QED) is 0.869. The van der Waals surface area contributed by atoms with Crippen LogP contribution < -0.4 is 0 Å². The molecule has 0 unspecified atom stereocenters. The molecule has 0 aromatic heterocycles. The van der Waals surface area contributed by atoms with E-state index in [1.807, 2.05) is 45.9 Å². The number of aliphatic carboxylic acids is 1. The maximum absolute atomic E-state index is 12.4. The van der Waals surface area contributed by atoms with E-state index >= 15 is 0 Å². The Morgan fingerprint density at radius 2 is 1.75 bits per heavy atom. The van der Waals surface area contributed by atoms with Gasteiger partial charge >= 0.3 is 5.97 Å². The minimum absolute atomic E-state index is 0.00572. The van der Waals surface area contributed by atoms with Gasteiger partial charge in [-0.2, -0.15) is 0 Å². The van der Waals surface area contributed by atoms with E-state index in [0.717, 1.165) is 16.7 Å². The summed E-state index contributed by atoms with van der Waals surface area (Å²) in [6, 6.07) is 5.97. The molecule has 0 saturated carbocycles. The Kier molecular flexibility index (Phi) is 5.74. The third-order valence-corrected chi connectivity index (χ3v) is 3.48. The second-order valence-electron chi connectivity index (χ2n) is 5.37. The molecule has 1 N–H and O–H groups in total. The first-order valence-electron chi connectivity index (χ1n) is 6.89. The van der Waals surface area contributed by atoms with Crippen LogP contribution in [0.3, 0.4) is 0 Å². The van der Waals surface area contributed by atoms with Crippen molar-refractivity contribution in [2.75, 3.05) is 6.54 Å². The topological polar surface area (TPSA) is 57.6 Å². The van der Waals surface area contributed by atoms with E-state index in [9.17, 15) is 9.59 Å². The van der Waals surface area contributed by atoms with E-state index < -0.39 is 5.97 Å². The summed E-state index contributed by atoms with van der Waals surface area (Å²) in [7, 11) is 0. The van der Waals surface area contributed by atoms with Gasteiger partial charge in [0.25, 0.3) is 0 Å². The molecule has 4 heteroatoms. The van der Waals surface area contributed by atoms with Gasteiger partial charge in [-0.1, -0.05) is 18.2 Å². The van der Waals surface area contributed by atoms with E-state index in [1.165, 1.54) is 0 Å². The number of carboxylic acid groups (broad SMARTS) is 1. The number of amides is 1. The lowest BCUT2D eigenvalue weighted by Crippen LogP contribution is -2.39. The fourth-order valence-corrected chi connectivity index (χ4v) is 2.27. The van der Waals surface area contributed by atoms with Crippen LogP contribution in [0.15, 0.2) is 18.2 Å². The molecular weight excluding hydrogens is 254 g/mol. The summed E-state index contributed by atoms with van der Waals surface area (Å²) in [6.45, 7) is 8.06. The minimum Gasteiger partial charge on any atom is -0.481 e. The Morgan fingerprint density at radius 1 is 1.20 bits per heavy atom. The Bertz CT molecular complexity index is 474. The van der Waals surface area contributed by atoms with Crippen molar-refractivity contribution in [3.05, 3.63) is 34.9 Å². The number of carbonyl (C=O) groups is 2. The van der Waals surface area contributed by atoms with Crippen LogP contribution >= 0.6 is 0 Å². The summed E-state index contributed by atoms with van der Waals surface area (Å²) < 4.78 is 0. The van der Waals surface area contributed by atoms with Crippen molar-refractivity contribution >= 4 is 11.9 Å². The number of carboxylic acids is 1. The van der Waals surface area contributed by atoms with E-state index in [0.29, 0.717) is 6.42 Å². The highest BCUT2D eigenvalue weighted by Gasteiger charge is 2.19. The van der Waals surface area contributed by atoms with Gasteiger partial charge < -0.3 is 10.0 Å². The number of nitrogens with zero attached hydrogens (tertiary/aromatic N) is 1. The zero-order valence-corrected chi connectivity index (χ0v) is 12.6. The van der Waals surface area contributed by atoms with Crippen LogP contribution in [0.25, 0.3) is 0 Å². The van der Waals surface area contributed by atoms with Gasteiger partial charge in [0, 0.05) is 12.6 Å². The summed E-state index contributed by atoms with van der Waals surface area (Å²) in [5, 5.41) is 8.77. The Hall–Kier alpha value is -1.84. The minimum atomic E-state index is -0.879. The fraction of sp³-hybridized carbons (Fsp3) is 0.500. The van der Waals surface area contributed by atoms with E-state index in [4.69, 9.17) is 5.11 Å². The zero-order valence-electron chi connectivity index (χ0n) is 12.6. The van der Waals surface area contributed by atoms with Gasteiger partial charge in [-0.3, -0.25) is 9.59 Å². The van der Waals surface area contributed by atoms with Gasteiger partial charge in [-0.05, 0) is 44.4 Å². The summed E-state index contributed by atoms with van der Waals surface area (Å²) in [5.41, 5.74) is 3.24. The number of rotatable bonds is 6. The molecule has 4 nitrogen and oxygen atoms in total. The summed E-state index contributed by atoms with van der Waals surface area (Å²) in [4.78, 5) is 24.7. The predicted octanol–water partition coefficient (Wildman–Crippen LogP) is 2.56. The third kappa shape index (κ3) is 4.37. The van der Waals surface area contributed by atoms with Gasteiger partial charge in [-0.15, -0.1) is 0 Å². The smallest absolute Gasteiger partial charge is 0.305 e. The second-order valence-corrected chi connectivity index (χ2v) is 5.37. The average molecular weight is 277 g/mol. The molecule has 0 saturated heterocycles. The van der Waals surface area contributed by atoms with Crippen LogP contribution in [0, 0.1) is 13.8 Å². The first kappa shape index (κ1) is 16.2. The van der Waals surface area contributed by atoms with Crippen molar-refractivity contribution in [2.45, 2.75) is 46.6 Å². The van der Waals surface area contributed by atoms with Gasteiger partial charge in [0.15, 0.2) is 0 Å². The summed E-state index contributed by atoms with van der Waals surface area (Å²) in [5.74, 6) is -0.894. The van der Waals surface area contributed by atoms with E-state index in [1.54, 1.807) is 4.90 Å². The van der Waals surface area contributed by atoms with Crippen LogP contribution in [0.2, 0.25) is 0 Å². The van der Waals surface area contributed by atoms with Crippen LogP contribution in [0.4, 0.5) is 0 Å². The molecule has 0 spiro atoms. The van der Waals surface area contributed by atoms with Crippen LogP contribution in [-0.4, -0.2) is 34.5 Å². The van der Waals surface area contributed by atoms with Crippen LogP contribution in [-0.2, 0) is 16.0 Å². The van der Waals surface area contributed by atoms with E-state index in [2.05, 4.69) is 0 Å². The molecule has 110 valence electrons. The third-order valence-electron chi connectivity index (χ3n) is 3.48. The van der Waals surface area contributed by atoms with Crippen molar-refractivity contribution < 1.29 is 14.7 Å². The van der Waals surface area contributed by atoms with E-state index in [-0.39, 0.29) is 24.9 Å². The molecule has 1 rings (SSSR count). The second kappa shape index (κ2) is 7.08.